The lowest BCUT2D eigenvalue weighted by Gasteiger charge is -2.08. The quantitative estimate of drug-likeness (QED) is 0.907. The molecule has 106 valence electrons. The third-order valence-electron chi connectivity index (χ3n) is 3.45. The number of rotatable bonds is 5. The molecule has 0 saturated carbocycles. The molecule has 1 N–H and O–H groups in total. The van der Waals surface area contributed by atoms with Crippen LogP contribution >= 0.6 is 0 Å². The molecule has 3 rings (SSSR count). The first-order chi connectivity index (χ1) is 9.78. The van der Waals surface area contributed by atoms with Gasteiger partial charge in [0.25, 0.3) is 5.89 Å². The van der Waals surface area contributed by atoms with Crippen LogP contribution in [0.4, 0.5) is 0 Å². The Balaban J connectivity index is 1.69. The lowest BCUT2D eigenvalue weighted by Crippen LogP contribution is -2.19. The van der Waals surface area contributed by atoms with Gasteiger partial charge < -0.3 is 14.5 Å². The van der Waals surface area contributed by atoms with Crippen molar-refractivity contribution < 1.29 is 9.15 Å². The van der Waals surface area contributed by atoms with Gasteiger partial charge in [0.15, 0.2) is 6.10 Å². The highest BCUT2D eigenvalue weighted by molar-refractivity contribution is 5.37. The number of hydrogen-bond donors (Lipinski definition) is 1. The maximum Gasteiger partial charge on any atom is 0.257 e. The molecule has 2 aromatic rings. The summed E-state index contributed by atoms with van der Waals surface area (Å²) in [5.41, 5.74) is 1.19. The molecule has 1 aromatic heterocycles. The molecule has 2 atom stereocenters. The lowest BCUT2D eigenvalue weighted by molar-refractivity contribution is 0.192. The Morgan fingerprint density at radius 1 is 1.35 bits per heavy atom. The van der Waals surface area contributed by atoms with Crippen LogP contribution in [0.15, 0.2) is 28.7 Å². The standard InChI is InChI=1S/C15H19N3O2/c1-3-8-16-10(2)14-17-18-15(20-14)13-9-11-6-4-5-7-12(11)19-13/h4-7,10,13,16H,3,8-9H2,1-2H3. The molecule has 0 radical (unpaired) electrons. The van der Waals surface area contributed by atoms with E-state index in [2.05, 4.69) is 28.5 Å². The predicted octanol–water partition coefficient (Wildman–Crippen LogP) is 2.81. The second-order valence-corrected chi connectivity index (χ2v) is 5.07. The van der Waals surface area contributed by atoms with Crippen LogP contribution in [-0.2, 0) is 6.42 Å². The van der Waals surface area contributed by atoms with E-state index in [0.717, 1.165) is 25.1 Å². The second-order valence-electron chi connectivity index (χ2n) is 5.07. The molecule has 0 aliphatic carbocycles. The van der Waals surface area contributed by atoms with Crippen molar-refractivity contribution in [2.24, 2.45) is 0 Å². The maximum absolute atomic E-state index is 5.85. The van der Waals surface area contributed by atoms with E-state index in [9.17, 15) is 0 Å². The number of para-hydroxylation sites is 1. The Hall–Kier alpha value is -1.88. The number of nitrogens with zero attached hydrogens (tertiary/aromatic N) is 2. The predicted molar refractivity (Wildman–Crippen MR) is 74.5 cm³/mol. The maximum atomic E-state index is 5.85. The Kier molecular flexibility index (Phi) is 3.69. The molecule has 0 bridgehead atoms. The number of fused-ring (bicyclic) bond motifs is 1. The Labute approximate surface area is 118 Å². The van der Waals surface area contributed by atoms with Crippen LogP contribution in [0.3, 0.4) is 0 Å². The molecule has 20 heavy (non-hydrogen) atoms. The Bertz CT molecular complexity index is 557. The summed E-state index contributed by atoms with van der Waals surface area (Å²) >= 11 is 0. The summed E-state index contributed by atoms with van der Waals surface area (Å²) in [5.74, 6) is 2.09. The third kappa shape index (κ3) is 2.54. The first kappa shape index (κ1) is 13.1. The van der Waals surface area contributed by atoms with Gasteiger partial charge in [-0.05, 0) is 31.5 Å². The van der Waals surface area contributed by atoms with Crippen LogP contribution in [0, 0.1) is 0 Å². The summed E-state index contributed by atoms with van der Waals surface area (Å²) in [6.07, 6.45) is 1.70. The molecular weight excluding hydrogens is 254 g/mol. The van der Waals surface area contributed by atoms with Gasteiger partial charge in [-0.1, -0.05) is 25.1 Å². The van der Waals surface area contributed by atoms with Gasteiger partial charge in [0.1, 0.15) is 5.75 Å². The highest BCUT2D eigenvalue weighted by Crippen LogP contribution is 2.35. The van der Waals surface area contributed by atoms with Crippen LogP contribution < -0.4 is 10.1 Å². The van der Waals surface area contributed by atoms with E-state index in [1.165, 1.54) is 5.56 Å². The fourth-order valence-corrected chi connectivity index (χ4v) is 2.32. The fourth-order valence-electron chi connectivity index (χ4n) is 2.32. The zero-order valence-corrected chi connectivity index (χ0v) is 11.8. The fraction of sp³-hybridized carbons (Fsp3) is 0.467. The van der Waals surface area contributed by atoms with Crippen LogP contribution in [0.25, 0.3) is 0 Å². The summed E-state index contributed by atoms with van der Waals surface area (Å²) < 4.78 is 11.6. The molecule has 5 heteroatoms. The minimum atomic E-state index is -0.160. The highest BCUT2D eigenvalue weighted by Gasteiger charge is 2.29. The van der Waals surface area contributed by atoms with Crippen molar-refractivity contribution in [2.45, 2.75) is 38.8 Å². The minimum Gasteiger partial charge on any atom is -0.480 e. The normalized spacial score (nSPS) is 18.6. The zero-order valence-electron chi connectivity index (χ0n) is 11.8. The molecule has 1 aliphatic heterocycles. The molecule has 0 saturated heterocycles. The van der Waals surface area contributed by atoms with E-state index in [1.54, 1.807) is 0 Å². The largest absolute Gasteiger partial charge is 0.480 e. The molecule has 0 fully saturated rings. The number of ether oxygens (including phenoxy) is 1. The number of nitrogens with one attached hydrogen (secondary N) is 1. The Morgan fingerprint density at radius 2 is 2.20 bits per heavy atom. The van der Waals surface area contributed by atoms with Gasteiger partial charge in [-0.3, -0.25) is 0 Å². The van der Waals surface area contributed by atoms with E-state index in [1.807, 2.05) is 25.1 Å². The van der Waals surface area contributed by atoms with Crippen LogP contribution in [0.1, 0.15) is 49.8 Å². The van der Waals surface area contributed by atoms with Gasteiger partial charge in [0.2, 0.25) is 5.89 Å². The van der Waals surface area contributed by atoms with Crippen molar-refractivity contribution in [3.8, 4) is 5.75 Å². The molecule has 1 aromatic carbocycles. The number of hydrogen-bond acceptors (Lipinski definition) is 5. The summed E-state index contributed by atoms with van der Waals surface area (Å²) in [6, 6.07) is 8.09. The van der Waals surface area contributed by atoms with Crippen molar-refractivity contribution in [1.29, 1.82) is 0 Å². The first-order valence-corrected chi connectivity index (χ1v) is 7.09. The molecule has 2 unspecified atom stereocenters. The zero-order chi connectivity index (χ0) is 13.9. The van der Waals surface area contributed by atoms with Crippen molar-refractivity contribution >= 4 is 0 Å². The van der Waals surface area contributed by atoms with Crippen molar-refractivity contribution in [2.75, 3.05) is 6.54 Å². The lowest BCUT2D eigenvalue weighted by atomic mass is 10.1. The number of aromatic nitrogens is 2. The monoisotopic (exact) mass is 273 g/mol. The van der Waals surface area contributed by atoms with Crippen molar-refractivity contribution in [3.63, 3.8) is 0 Å². The molecule has 1 aliphatic rings. The topological polar surface area (TPSA) is 60.2 Å². The second kappa shape index (κ2) is 5.63. The summed E-state index contributed by atoms with van der Waals surface area (Å²) in [6.45, 7) is 5.09. The van der Waals surface area contributed by atoms with Gasteiger partial charge >= 0.3 is 0 Å². The molecule has 5 nitrogen and oxygen atoms in total. The average molecular weight is 273 g/mol. The van der Waals surface area contributed by atoms with Crippen molar-refractivity contribution in [1.82, 2.24) is 15.5 Å². The van der Waals surface area contributed by atoms with Gasteiger partial charge in [-0.15, -0.1) is 10.2 Å². The molecule has 0 spiro atoms. The van der Waals surface area contributed by atoms with Gasteiger partial charge in [0, 0.05) is 6.42 Å². The van der Waals surface area contributed by atoms with Gasteiger partial charge in [-0.2, -0.15) is 0 Å². The SMILES string of the molecule is CCCNC(C)c1nnc(C2Cc3ccccc3O2)o1. The first-order valence-electron chi connectivity index (χ1n) is 7.09. The van der Waals surface area contributed by atoms with Gasteiger partial charge in [0.05, 0.1) is 6.04 Å². The summed E-state index contributed by atoms with van der Waals surface area (Å²) in [4.78, 5) is 0. The van der Waals surface area contributed by atoms with E-state index >= 15 is 0 Å². The molecule has 2 heterocycles. The van der Waals surface area contributed by atoms with E-state index < -0.39 is 0 Å². The summed E-state index contributed by atoms with van der Waals surface area (Å²) in [7, 11) is 0. The average Bonchev–Trinajstić information content (AvgIpc) is 3.10. The minimum absolute atomic E-state index is 0.0694. The number of benzene rings is 1. The third-order valence-corrected chi connectivity index (χ3v) is 3.45. The summed E-state index contributed by atoms with van der Waals surface area (Å²) in [5, 5.41) is 11.6. The molecule has 0 amide bonds. The smallest absolute Gasteiger partial charge is 0.257 e. The van der Waals surface area contributed by atoms with E-state index in [4.69, 9.17) is 9.15 Å². The van der Waals surface area contributed by atoms with Crippen LogP contribution in [0.5, 0.6) is 5.75 Å². The Morgan fingerprint density at radius 3 is 3.00 bits per heavy atom. The van der Waals surface area contributed by atoms with Crippen molar-refractivity contribution in [3.05, 3.63) is 41.6 Å². The molecular formula is C15H19N3O2. The highest BCUT2D eigenvalue weighted by atomic mass is 16.5. The van der Waals surface area contributed by atoms with Crippen LogP contribution in [-0.4, -0.2) is 16.7 Å². The van der Waals surface area contributed by atoms with Crippen LogP contribution in [0.2, 0.25) is 0 Å². The van der Waals surface area contributed by atoms with E-state index in [-0.39, 0.29) is 12.1 Å². The van der Waals surface area contributed by atoms with E-state index in [0.29, 0.717) is 11.8 Å². The van der Waals surface area contributed by atoms with Gasteiger partial charge in [-0.25, -0.2) is 0 Å².